The third-order valence-electron chi connectivity index (χ3n) is 2.55. The number of hydrogen-bond acceptors (Lipinski definition) is 2. The molecule has 0 aliphatic rings. The highest BCUT2D eigenvalue weighted by Gasteiger charge is 2.14. The molecule has 0 fully saturated rings. The van der Waals surface area contributed by atoms with Crippen molar-refractivity contribution in [3.8, 4) is 0 Å². The molecule has 1 nitrogen and oxygen atoms in total. The summed E-state index contributed by atoms with van der Waals surface area (Å²) < 4.78 is 27.7. The summed E-state index contributed by atoms with van der Waals surface area (Å²) >= 11 is 4.39. The van der Waals surface area contributed by atoms with Crippen molar-refractivity contribution in [3.05, 3.63) is 64.1 Å². The van der Waals surface area contributed by atoms with Gasteiger partial charge in [0.2, 0.25) is 0 Å². The van der Waals surface area contributed by atoms with Gasteiger partial charge in [-0.05, 0) is 30.3 Å². The van der Waals surface area contributed by atoms with Crippen LogP contribution in [0, 0.1) is 11.6 Å². The van der Waals surface area contributed by atoms with Crippen LogP contribution in [0.2, 0.25) is 0 Å². The predicted molar refractivity (Wildman–Crippen MR) is 76.2 cm³/mol. The van der Waals surface area contributed by atoms with E-state index < -0.39 is 11.9 Å². The third kappa shape index (κ3) is 3.78. The van der Waals surface area contributed by atoms with E-state index in [1.807, 2.05) is 0 Å². The van der Waals surface area contributed by atoms with E-state index in [1.54, 1.807) is 24.3 Å². The first kappa shape index (κ1) is 14.5. The van der Waals surface area contributed by atoms with E-state index in [9.17, 15) is 13.9 Å². The van der Waals surface area contributed by atoms with Crippen LogP contribution in [-0.4, -0.2) is 10.9 Å². The number of aliphatic hydroxyl groups is 1. The molecule has 1 unspecified atom stereocenters. The maximum atomic E-state index is 13.6. The first-order chi connectivity index (χ1) is 9.08. The van der Waals surface area contributed by atoms with Crippen molar-refractivity contribution >= 4 is 27.7 Å². The summed E-state index contributed by atoms with van der Waals surface area (Å²) in [6.07, 6.45) is -0.984. The highest BCUT2D eigenvalue weighted by Crippen LogP contribution is 2.29. The van der Waals surface area contributed by atoms with E-state index >= 15 is 0 Å². The average molecular weight is 345 g/mol. The molecule has 0 aliphatic heterocycles. The monoisotopic (exact) mass is 344 g/mol. The zero-order chi connectivity index (χ0) is 13.8. The molecule has 100 valence electrons. The van der Waals surface area contributed by atoms with Gasteiger partial charge in [-0.3, -0.25) is 0 Å². The number of benzene rings is 2. The minimum atomic E-state index is -0.984. The SMILES string of the molecule is OC(CSc1ccccc1F)c1cc(Br)ccc1F. The van der Waals surface area contributed by atoms with Crippen LogP contribution in [0.4, 0.5) is 8.78 Å². The smallest absolute Gasteiger partial charge is 0.136 e. The summed E-state index contributed by atoms with van der Waals surface area (Å²) in [4.78, 5) is 0.442. The van der Waals surface area contributed by atoms with Crippen LogP contribution in [0.5, 0.6) is 0 Å². The van der Waals surface area contributed by atoms with Crippen LogP contribution < -0.4 is 0 Å². The molecule has 0 saturated heterocycles. The third-order valence-corrected chi connectivity index (χ3v) is 4.17. The van der Waals surface area contributed by atoms with Gasteiger partial charge in [0.1, 0.15) is 11.6 Å². The molecule has 0 bridgehead atoms. The van der Waals surface area contributed by atoms with Gasteiger partial charge in [0.25, 0.3) is 0 Å². The van der Waals surface area contributed by atoms with Crippen molar-refractivity contribution in [3.63, 3.8) is 0 Å². The molecule has 0 saturated carbocycles. The second-order valence-electron chi connectivity index (χ2n) is 3.92. The number of hydrogen-bond donors (Lipinski definition) is 1. The zero-order valence-electron chi connectivity index (χ0n) is 9.82. The maximum absolute atomic E-state index is 13.6. The van der Waals surface area contributed by atoms with Gasteiger partial charge in [-0.1, -0.05) is 28.1 Å². The molecule has 2 rings (SSSR count). The van der Waals surface area contributed by atoms with Gasteiger partial charge in [-0.2, -0.15) is 0 Å². The van der Waals surface area contributed by atoms with E-state index in [4.69, 9.17) is 0 Å². The van der Waals surface area contributed by atoms with Crippen LogP contribution in [0.3, 0.4) is 0 Å². The molecular weight excluding hydrogens is 334 g/mol. The van der Waals surface area contributed by atoms with Gasteiger partial charge in [0.15, 0.2) is 0 Å². The standard InChI is InChI=1S/C14H11BrF2OS/c15-9-5-6-11(16)10(7-9)13(18)8-19-14-4-2-1-3-12(14)17/h1-7,13,18H,8H2. The fraction of sp³-hybridized carbons (Fsp3) is 0.143. The Morgan fingerprint density at radius 1 is 1.11 bits per heavy atom. The second-order valence-corrected chi connectivity index (χ2v) is 5.90. The molecule has 2 aromatic carbocycles. The van der Waals surface area contributed by atoms with Gasteiger partial charge in [-0.25, -0.2) is 8.78 Å². The van der Waals surface area contributed by atoms with E-state index in [0.717, 1.165) is 11.8 Å². The Morgan fingerprint density at radius 3 is 2.58 bits per heavy atom. The lowest BCUT2D eigenvalue weighted by atomic mass is 10.1. The molecule has 0 spiro atoms. The van der Waals surface area contributed by atoms with Gasteiger partial charge in [-0.15, -0.1) is 11.8 Å². The lowest BCUT2D eigenvalue weighted by molar-refractivity contribution is 0.199. The summed E-state index contributed by atoms with van der Waals surface area (Å²) in [6.45, 7) is 0. The molecule has 2 aromatic rings. The van der Waals surface area contributed by atoms with Crippen molar-refractivity contribution in [2.45, 2.75) is 11.0 Å². The van der Waals surface area contributed by atoms with Crippen molar-refractivity contribution in [2.24, 2.45) is 0 Å². The lowest BCUT2D eigenvalue weighted by Gasteiger charge is -2.12. The summed E-state index contributed by atoms with van der Waals surface area (Å²) in [6, 6.07) is 10.7. The molecule has 0 amide bonds. The van der Waals surface area contributed by atoms with Crippen LogP contribution in [-0.2, 0) is 0 Å². The summed E-state index contributed by atoms with van der Waals surface area (Å²) in [7, 11) is 0. The Balaban J connectivity index is 2.07. The van der Waals surface area contributed by atoms with Crippen LogP contribution in [0.1, 0.15) is 11.7 Å². The Bertz CT molecular complexity index is 577. The average Bonchev–Trinajstić information content (AvgIpc) is 2.40. The molecular formula is C14H11BrF2OS. The Kier molecular flexibility index (Phi) is 4.96. The Labute approximate surface area is 122 Å². The van der Waals surface area contributed by atoms with Gasteiger partial charge in [0.05, 0.1) is 6.10 Å². The lowest BCUT2D eigenvalue weighted by Crippen LogP contribution is -2.03. The van der Waals surface area contributed by atoms with Crippen molar-refractivity contribution in [1.29, 1.82) is 0 Å². The first-order valence-electron chi connectivity index (χ1n) is 5.58. The predicted octanol–water partition coefficient (Wildman–Crippen LogP) is 4.55. The normalized spacial score (nSPS) is 12.4. The van der Waals surface area contributed by atoms with Crippen LogP contribution in [0.15, 0.2) is 51.8 Å². The summed E-state index contributed by atoms with van der Waals surface area (Å²) in [5.74, 6) is -0.617. The molecule has 0 aromatic heterocycles. The van der Waals surface area contributed by atoms with Crippen LogP contribution in [0.25, 0.3) is 0 Å². The molecule has 0 heterocycles. The molecule has 1 atom stereocenters. The summed E-state index contributed by atoms with van der Waals surface area (Å²) in [5, 5.41) is 9.97. The van der Waals surface area contributed by atoms with Crippen molar-refractivity contribution in [1.82, 2.24) is 0 Å². The van der Waals surface area contributed by atoms with Gasteiger partial charge >= 0.3 is 0 Å². The molecule has 1 N–H and O–H groups in total. The zero-order valence-corrected chi connectivity index (χ0v) is 12.2. The van der Waals surface area contributed by atoms with Crippen molar-refractivity contribution < 1.29 is 13.9 Å². The van der Waals surface area contributed by atoms with E-state index in [1.165, 1.54) is 18.2 Å². The molecule has 19 heavy (non-hydrogen) atoms. The molecule has 0 aliphatic carbocycles. The van der Waals surface area contributed by atoms with E-state index in [2.05, 4.69) is 15.9 Å². The quantitative estimate of drug-likeness (QED) is 0.821. The Hall–Kier alpha value is -0.910. The first-order valence-corrected chi connectivity index (χ1v) is 7.36. The van der Waals surface area contributed by atoms with Crippen molar-refractivity contribution in [2.75, 3.05) is 5.75 Å². The number of aliphatic hydroxyl groups excluding tert-OH is 1. The molecule has 0 radical (unpaired) electrons. The minimum Gasteiger partial charge on any atom is -0.387 e. The molecule has 5 heteroatoms. The summed E-state index contributed by atoms with van der Waals surface area (Å²) in [5.41, 5.74) is 0.207. The second kappa shape index (κ2) is 6.50. The fourth-order valence-corrected chi connectivity index (χ4v) is 2.87. The maximum Gasteiger partial charge on any atom is 0.136 e. The minimum absolute atomic E-state index is 0.189. The van der Waals surface area contributed by atoms with E-state index in [-0.39, 0.29) is 17.1 Å². The highest BCUT2D eigenvalue weighted by molar-refractivity contribution is 9.10. The van der Waals surface area contributed by atoms with E-state index in [0.29, 0.717) is 9.37 Å². The Morgan fingerprint density at radius 2 is 1.84 bits per heavy atom. The number of halogens is 3. The van der Waals surface area contributed by atoms with Crippen LogP contribution >= 0.6 is 27.7 Å². The topological polar surface area (TPSA) is 20.2 Å². The van der Waals surface area contributed by atoms with Gasteiger partial charge in [0, 0.05) is 20.7 Å². The van der Waals surface area contributed by atoms with Gasteiger partial charge < -0.3 is 5.11 Å². The highest BCUT2D eigenvalue weighted by atomic mass is 79.9. The number of rotatable bonds is 4. The number of thioether (sulfide) groups is 1. The fourth-order valence-electron chi connectivity index (χ4n) is 1.59. The largest absolute Gasteiger partial charge is 0.387 e.